The lowest BCUT2D eigenvalue weighted by molar-refractivity contribution is 0.385. The SMILES string of the molecule is O=S(=O)(O)[C@H]1CCCC[C@@H]1c1ncc(F)cn1. The molecule has 94 valence electrons. The Hall–Kier alpha value is -1.08. The summed E-state index contributed by atoms with van der Waals surface area (Å²) in [7, 11) is -4.11. The first-order valence-corrected chi connectivity index (χ1v) is 6.92. The highest BCUT2D eigenvalue weighted by atomic mass is 32.2. The van der Waals surface area contributed by atoms with Crippen LogP contribution in [0.2, 0.25) is 0 Å². The number of rotatable bonds is 2. The minimum absolute atomic E-state index is 0.286. The van der Waals surface area contributed by atoms with Crippen LogP contribution in [0.3, 0.4) is 0 Å². The van der Waals surface area contributed by atoms with E-state index in [2.05, 4.69) is 9.97 Å². The number of aromatic nitrogens is 2. The van der Waals surface area contributed by atoms with Crippen molar-refractivity contribution >= 4 is 10.1 Å². The fourth-order valence-corrected chi connectivity index (χ4v) is 3.40. The second kappa shape index (κ2) is 4.66. The predicted molar refractivity (Wildman–Crippen MR) is 58.5 cm³/mol. The van der Waals surface area contributed by atoms with Crippen molar-refractivity contribution in [2.24, 2.45) is 0 Å². The lowest BCUT2D eigenvalue weighted by atomic mass is 9.88. The molecule has 17 heavy (non-hydrogen) atoms. The van der Waals surface area contributed by atoms with E-state index in [-0.39, 0.29) is 5.82 Å². The summed E-state index contributed by atoms with van der Waals surface area (Å²) < 4.78 is 44.4. The van der Waals surface area contributed by atoms with Crippen molar-refractivity contribution in [3.63, 3.8) is 0 Å². The highest BCUT2D eigenvalue weighted by molar-refractivity contribution is 7.86. The molecule has 1 N–H and O–H groups in total. The molecule has 0 aliphatic heterocycles. The molecule has 1 heterocycles. The van der Waals surface area contributed by atoms with Crippen LogP contribution in [0.1, 0.15) is 37.4 Å². The predicted octanol–water partition coefficient (Wildman–Crippen LogP) is 1.53. The summed E-state index contributed by atoms with van der Waals surface area (Å²) in [4.78, 5) is 7.61. The van der Waals surface area contributed by atoms with Crippen LogP contribution < -0.4 is 0 Å². The topological polar surface area (TPSA) is 80.2 Å². The van der Waals surface area contributed by atoms with Gasteiger partial charge in [0.15, 0.2) is 5.82 Å². The van der Waals surface area contributed by atoms with Gasteiger partial charge in [0.25, 0.3) is 10.1 Å². The zero-order valence-corrected chi connectivity index (χ0v) is 9.90. The number of halogens is 1. The molecule has 1 aliphatic carbocycles. The Morgan fingerprint density at radius 3 is 2.41 bits per heavy atom. The molecule has 0 bridgehead atoms. The van der Waals surface area contributed by atoms with Crippen molar-refractivity contribution in [3.05, 3.63) is 24.0 Å². The average Bonchev–Trinajstić information content (AvgIpc) is 2.29. The van der Waals surface area contributed by atoms with Gasteiger partial charge in [-0.05, 0) is 12.8 Å². The van der Waals surface area contributed by atoms with Crippen molar-refractivity contribution in [2.45, 2.75) is 36.9 Å². The molecule has 1 aromatic heterocycles. The third-order valence-corrected chi connectivity index (χ3v) is 4.39. The first-order valence-electron chi connectivity index (χ1n) is 5.42. The van der Waals surface area contributed by atoms with Crippen molar-refractivity contribution in [2.75, 3.05) is 0 Å². The van der Waals surface area contributed by atoms with Gasteiger partial charge in [-0.2, -0.15) is 8.42 Å². The van der Waals surface area contributed by atoms with Gasteiger partial charge in [-0.15, -0.1) is 0 Å². The van der Waals surface area contributed by atoms with Crippen LogP contribution in [0.15, 0.2) is 12.4 Å². The highest BCUT2D eigenvalue weighted by Gasteiger charge is 2.36. The smallest absolute Gasteiger partial charge is 0.268 e. The van der Waals surface area contributed by atoms with E-state index < -0.39 is 27.1 Å². The summed E-state index contributed by atoms with van der Waals surface area (Å²) in [6.45, 7) is 0. The third-order valence-electron chi connectivity index (χ3n) is 3.06. The molecule has 7 heteroatoms. The van der Waals surface area contributed by atoms with Gasteiger partial charge in [-0.25, -0.2) is 14.4 Å². The fourth-order valence-electron chi connectivity index (χ4n) is 2.26. The van der Waals surface area contributed by atoms with E-state index >= 15 is 0 Å². The maximum absolute atomic E-state index is 12.7. The molecule has 1 aromatic rings. The van der Waals surface area contributed by atoms with Crippen molar-refractivity contribution in [1.82, 2.24) is 9.97 Å². The normalized spacial score (nSPS) is 25.8. The summed E-state index contributed by atoms with van der Waals surface area (Å²) in [5.41, 5.74) is 0. The van der Waals surface area contributed by atoms with Crippen LogP contribution in [0.25, 0.3) is 0 Å². The number of hydrogen-bond donors (Lipinski definition) is 1. The largest absolute Gasteiger partial charge is 0.285 e. The van der Waals surface area contributed by atoms with E-state index in [1.807, 2.05) is 0 Å². The molecule has 0 saturated heterocycles. The number of hydrogen-bond acceptors (Lipinski definition) is 4. The maximum atomic E-state index is 12.7. The summed E-state index contributed by atoms with van der Waals surface area (Å²) in [6, 6.07) is 0. The molecule has 1 fully saturated rings. The van der Waals surface area contributed by atoms with Gasteiger partial charge in [-0.3, -0.25) is 4.55 Å². The van der Waals surface area contributed by atoms with Crippen LogP contribution in [-0.2, 0) is 10.1 Å². The summed E-state index contributed by atoms with van der Waals surface area (Å²) in [6.07, 6.45) is 4.62. The molecule has 0 unspecified atom stereocenters. The van der Waals surface area contributed by atoms with Gasteiger partial charge in [0, 0.05) is 5.92 Å². The molecule has 0 amide bonds. The molecule has 2 rings (SSSR count). The van der Waals surface area contributed by atoms with Gasteiger partial charge in [-0.1, -0.05) is 12.8 Å². The van der Waals surface area contributed by atoms with Gasteiger partial charge in [0.05, 0.1) is 17.6 Å². The Kier molecular flexibility index (Phi) is 3.39. The van der Waals surface area contributed by atoms with E-state index in [9.17, 15) is 17.4 Å². The van der Waals surface area contributed by atoms with Gasteiger partial charge >= 0.3 is 0 Å². The van der Waals surface area contributed by atoms with Gasteiger partial charge in [0.1, 0.15) is 5.82 Å². The molecule has 0 radical (unpaired) electrons. The van der Waals surface area contributed by atoms with Crippen LogP contribution in [0, 0.1) is 5.82 Å². The Bertz CT molecular complexity index is 489. The van der Waals surface area contributed by atoms with Gasteiger partial charge in [0.2, 0.25) is 0 Å². The maximum Gasteiger partial charge on any atom is 0.268 e. The standard InChI is InChI=1S/C10H13FN2O3S/c11-7-5-12-10(13-6-7)8-3-1-2-4-9(8)17(14,15)16/h5-6,8-9H,1-4H2,(H,14,15,16)/t8-,9-/m0/s1. The monoisotopic (exact) mass is 260 g/mol. The van der Waals surface area contributed by atoms with E-state index in [4.69, 9.17) is 0 Å². The highest BCUT2D eigenvalue weighted by Crippen LogP contribution is 2.34. The van der Waals surface area contributed by atoms with Crippen molar-refractivity contribution < 1.29 is 17.4 Å². The lowest BCUT2D eigenvalue weighted by Gasteiger charge is -2.27. The van der Waals surface area contributed by atoms with Gasteiger partial charge < -0.3 is 0 Å². The molecule has 0 aromatic carbocycles. The Balaban J connectivity index is 2.31. The Labute approximate surface area is 98.8 Å². The van der Waals surface area contributed by atoms with E-state index in [0.29, 0.717) is 12.8 Å². The molecule has 0 spiro atoms. The third kappa shape index (κ3) is 2.78. The lowest BCUT2D eigenvalue weighted by Crippen LogP contribution is -2.32. The minimum Gasteiger partial charge on any atom is -0.285 e. The van der Waals surface area contributed by atoms with Crippen LogP contribution in [0.4, 0.5) is 4.39 Å². The Morgan fingerprint density at radius 1 is 1.24 bits per heavy atom. The zero-order valence-electron chi connectivity index (χ0n) is 9.08. The summed E-state index contributed by atoms with van der Waals surface area (Å²) in [5.74, 6) is -0.721. The van der Waals surface area contributed by atoms with Crippen LogP contribution in [-0.4, -0.2) is 28.2 Å². The summed E-state index contributed by atoms with van der Waals surface area (Å²) in [5, 5.41) is -0.873. The summed E-state index contributed by atoms with van der Waals surface area (Å²) >= 11 is 0. The zero-order chi connectivity index (χ0) is 12.5. The second-order valence-electron chi connectivity index (χ2n) is 4.20. The van der Waals surface area contributed by atoms with E-state index in [1.165, 1.54) is 0 Å². The molecular weight excluding hydrogens is 247 g/mol. The second-order valence-corrected chi connectivity index (χ2v) is 5.84. The molecule has 1 aliphatic rings. The van der Waals surface area contributed by atoms with Crippen molar-refractivity contribution in [3.8, 4) is 0 Å². The Morgan fingerprint density at radius 2 is 1.82 bits per heavy atom. The quantitative estimate of drug-likeness (QED) is 0.816. The first-order chi connectivity index (χ1) is 7.98. The molecule has 2 atom stereocenters. The first kappa shape index (κ1) is 12.4. The van der Waals surface area contributed by atoms with Crippen LogP contribution in [0.5, 0.6) is 0 Å². The van der Waals surface area contributed by atoms with Crippen molar-refractivity contribution in [1.29, 1.82) is 0 Å². The molecule has 5 nitrogen and oxygen atoms in total. The van der Waals surface area contributed by atoms with E-state index in [1.54, 1.807) is 0 Å². The fraction of sp³-hybridized carbons (Fsp3) is 0.600. The average molecular weight is 260 g/mol. The molecule has 1 saturated carbocycles. The minimum atomic E-state index is -4.11. The number of nitrogens with zero attached hydrogens (tertiary/aromatic N) is 2. The molecular formula is C10H13FN2O3S. The van der Waals surface area contributed by atoms with E-state index in [0.717, 1.165) is 25.2 Å². The van der Waals surface area contributed by atoms with Crippen LogP contribution >= 0.6 is 0 Å².